The van der Waals surface area contributed by atoms with Crippen molar-refractivity contribution >= 4 is 21.6 Å². The molecular weight excluding hydrogens is 524 g/mol. The van der Waals surface area contributed by atoms with Gasteiger partial charge in [0.25, 0.3) is 10.0 Å². The van der Waals surface area contributed by atoms with Crippen LogP contribution in [-0.4, -0.2) is 62.0 Å². The first-order valence-corrected chi connectivity index (χ1v) is 13.5. The molecule has 0 fully saturated rings. The van der Waals surface area contributed by atoms with E-state index in [1.807, 2.05) is 31.2 Å². The number of amides is 1. The molecular formula is C28H34N2O8S. The molecule has 0 aromatic heterocycles. The zero-order valence-corrected chi connectivity index (χ0v) is 23.7. The molecule has 1 atom stereocenters. The number of nitrogens with one attached hydrogen (secondary N) is 1. The van der Waals surface area contributed by atoms with Gasteiger partial charge in [0.2, 0.25) is 5.91 Å². The van der Waals surface area contributed by atoms with Crippen LogP contribution in [0.15, 0.2) is 65.6 Å². The van der Waals surface area contributed by atoms with Crippen molar-refractivity contribution in [2.45, 2.75) is 24.8 Å². The van der Waals surface area contributed by atoms with Crippen molar-refractivity contribution in [3.8, 4) is 28.7 Å². The summed E-state index contributed by atoms with van der Waals surface area (Å²) in [5.41, 5.74) is 1.23. The van der Waals surface area contributed by atoms with Crippen molar-refractivity contribution in [2.24, 2.45) is 0 Å². The molecule has 1 N–H and O–H groups in total. The average Bonchev–Trinajstić information content (AvgIpc) is 2.94. The topological polar surface area (TPSA) is 113 Å². The summed E-state index contributed by atoms with van der Waals surface area (Å²) in [5.74, 6) is 1.34. The molecule has 0 radical (unpaired) electrons. The first kappa shape index (κ1) is 29.4. The highest BCUT2D eigenvalue weighted by Gasteiger charge is 2.31. The summed E-state index contributed by atoms with van der Waals surface area (Å²) in [6.07, 6.45) is 0. The normalized spacial score (nSPS) is 11.7. The molecule has 210 valence electrons. The minimum Gasteiger partial charge on any atom is -0.497 e. The third-order valence-electron chi connectivity index (χ3n) is 5.81. The van der Waals surface area contributed by atoms with Crippen LogP contribution >= 0.6 is 0 Å². The van der Waals surface area contributed by atoms with Crippen LogP contribution in [0.5, 0.6) is 28.7 Å². The second-order valence-electron chi connectivity index (χ2n) is 8.66. The summed E-state index contributed by atoms with van der Waals surface area (Å²) < 4.78 is 55.9. The van der Waals surface area contributed by atoms with E-state index in [-0.39, 0.29) is 28.7 Å². The lowest BCUT2D eigenvalue weighted by Gasteiger charge is -2.27. The van der Waals surface area contributed by atoms with Crippen LogP contribution in [0.25, 0.3) is 0 Å². The lowest BCUT2D eigenvalue weighted by molar-refractivity contribution is -0.120. The Morgan fingerprint density at radius 1 is 0.821 bits per heavy atom. The fourth-order valence-corrected chi connectivity index (χ4v) is 5.18. The van der Waals surface area contributed by atoms with E-state index >= 15 is 0 Å². The van der Waals surface area contributed by atoms with Crippen LogP contribution in [-0.2, 0) is 14.8 Å². The van der Waals surface area contributed by atoms with Crippen molar-refractivity contribution < 1.29 is 36.9 Å². The maximum absolute atomic E-state index is 14.0. The van der Waals surface area contributed by atoms with E-state index < -0.39 is 28.5 Å². The van der Waals surface area contributed by atoms with Crippen LogP contribution < -0.4 is 33.3 Å². The number of hydrogen-bond donors (Lipinski definition) is 1. The number of hydrogen-bond acceptors (Lipinski definition) is 8. The van der Waals surface area contributed by atoms with Crippen molar-refractivity contribution in [1.82, 2.24) is 5.32 Å². The number of methoxy groups -OCH3 is 4. The Morgan fingerprint density at radius 2 is 1.44 bits per heavy atom. The Bertz CT molecular complexity index is 1380. The van der Waals surface area contributed by atoms with E-state index in [4.69, 9.17) is 23.7 Å². The lowest BCUT2D eigenvalue weighted by Crippen LogP contribution is -2.45. The number of carbonyl (C=O) groups excluding carboxylic acids is 1. The predicted octanol–water partition coefficient (Wildman–Crippen LogP) is 3.81. The number of rotatable bonds is 13. The van der Waals surface area contributed by atoms with E-state index in [0.29, 0.717) is 17.2 Å². The van der Waals surface area contributed by atoms with Crippen molar-refractivity contribution in [3.05, 3.63) is 66.2 Å². The SMILES string of the molecule is COc1ccc(OC)c(N(CC(=O)NC(C)COc2ccc(C)cc2)S(=O)(=O)c2ccc(OC)c(OC)c2)c1. The summed E-state index contributed by atoms with van der Waals surface area (Å²) in [6.45, 7) is 3.41. The van der Waals surface area contributed by atoms with Crippen LogP contribution in [0.2, 0.25) is 0 Å². The van der Waals surface area contributed by atoms with Gasteiger partial charge in [-0.3, -0.25) is 9.10 Å². The first-order valence-electron chi connectivity index (χ1n) is 12.1. The molecule has 10 nitrogen and oxygen atoms in total. The molecule has 0 heterocycles. The fourth-order valence-electron chi connectivity index (χ4n) is 3.74. The summed E-state index contributed by atoms with van der Waals surface area (Å²) in [4.78, 5) is 13.1. The summed E-state index contributed by atoms with van der Waals surface area (Å²) in [6, 6.07) is 16.0. The summed E-state index contributed by atoms with van der Waals surface area (Å²) >= 11 is 0. The maximum Gasteiger partial charge on any atom is 0.265 e. The monoisotopic (exact) mass is 558 g/mol. The largest absolute Gasteiger partial charge is 0.497 e. The highest BCUT2D eigenvalue weighted by atomic mass is 32.2. The third kappa shape index (κ3) is 7.26. The molecule has 39 heavy (non-hydrogen) atoms. The Kier molecular flexibility index (Phi) is 9.89. The van der Waals surface area contributed by atoms with Gasteiger partial charge in [0.05, 0.1) is 45.1 Å². The predicted molar refractivity (Wildman–Crippen MR) is 148 cm³/mol. The molecule has 3 aromatic rings. The molecule has 0 aliphatic rings. The summed E-state index contributed by atoms with van der Waals surface area (Å²) in [5, 5.41) is 2.81. The number of nitrogens with zero attached hydrogens (tertiary/aromatic N) is 1. The quantitative estimate of drug-likeness (QED) is 0.337. The Morgan fingerprint density at radius 3 is 2.05 bits per heavy atom. The zero-order valence-electron chi connectivity index (χ0n) is 22.9. The first-order chi connectivity index (χ1) is 18.6. The Balaban J connectivity index is 1.92. The number of carbonyl (C=O) groups is 1. The minimum atomic E-state index is -4.29. The molecule has 3 aromatic carbocycles. The molecule has 0 aliphatic carbocycles. The number of ether oxygens (including phenoxy) is 5. The lowest BCUT2D eigenvalue weighted by atomic mass is 10.2. The number of sulfonamides is 1. The highest BCUT2D eigenvalue weighted by molar-refractivity contribution is 7.92. The smallest absolute Gasteiger partial charge is 0.265 e. The van der Waals surface area contributed by atoms with E-state index in [1.54, 1.807) is 19.1 Å². The zero-order chi connectivity index (χ0) is 28.6. The van der Waals surface area contributed by atoms with Gasteiger partial charge in [0.1, 0.15) is 30.4 Å². The van der Waals surface area contributed by atoms with Gasteiger partial charge in [0.15, 0.2) is 11.5 Å². The molecule has 0 saturated carbocycles. The summed E-state index contributed by atoms with van der Waals surface area (Å²) in [7, 11) is 1.44. The Labute approximate surface area is 229 Å². The van der Waals surface area contributed by atoms with E-state index in [9.17, 15) is 13.2 Å². The molecule has 0 spiro atoms. The van der Waals surface area contributed by atoms with Gasteiger partial charge in [-0.05, 0) is 50.2 Å². The van der Waals surface area contributed by atoms with Gasteiger partial charge >= 0.3 is 0 Å². The molecule has 0 bridgehead atoms. The van der Waals surface area contributed by atoms with Crippen molar-refractivity contribution in [3.63, 3.8) is 0 Å². The molecule has 1 unspecified atom stereocenters. The Hall–Kier alpha value is -4.12. The van der Waals surface area contributed by atoms with E-state index in [1.165, 1.54) is 52.7 Å². The highest BCUT2D eigenvalue weighted by Crippen LogP contribution is 2.37. The average molecular weight is 559 g/mol. The van der Waals surface area contributed by atoms with Gasteiger partial charge in [-0.15, -0.1) is 0 Å². The fraction of sp³-hybridized carbons (Fsp3) is 0.321. The molecule has 0 aliphatic heterocycles. The number of anilines is 1. The standard InChI is InChI=1S/C28H34N2O8S/c1-19-7-9-21(10-8-19)38-18-20(2)29-28(31)17-30(24-15-22(34-3)11-13-25(24)35-4)39(32,33)23-12-14-26(36-5)27(16-23)37-6/h7-16,20H,17-18H2,1-6H3,(H,29,31). The van der Waals surface area contributed by atoms with Crippen molar-refractivity contribution in [1.29, 1.82) is 0 Å². The van der Waals surface area contributed by atoms with Gasteiger partial charge in [0, 0.05) is 12.1 Å². The second kappa shape index (κ2) is 13.1. The van der Waals surface area contributed by atoms with E-state index in [0.717, 1.165) is 9.87 Å². The van der Waals surface area contributed by atoms with Crippen LogP contribution in [0.1, 0.15) is 12.5 Å². The second-order valence-corrected chi connectivity index (χ2v) is 10.5. The van der Waals surface area contributed by atoms with Crippen LogP contribution in [0, 0.1) is 6.92 Å². The number of aryl methyl sites for hydroxylation is 1. The maximum atomic E-state index is 14.0. The molecule has 1 amide bonds. The molecule has 0 saturated heterocycles. The number of benzene rings is 3. The van der Waals surface area contributed by atoms with Gasteiger partial charge in [-0.25, -0.2) is 8.42 Å². The van der Waals surface area contributed by atoms with Crippen LogP contribution in [0.4, 0.5) is 5.69 Å². The van der Waals surface area contributed by atoms with Gasteiger partial charge in [-0.2, -0.15) is 0 Å². The van der Waals surface area contributed by atoms with Crippen LogP contribution in [0.3, 0.4) is 0 Å². The van der Waals surface area contributed by atoms with Gasteiger partial charge in [-0.1, -0.05) is 17.7 Å². The van der Waals surface area contributed by atoms with Gasteiger partial charge < -0.3 is 29.0 Å². The molecule has 11 heteroatoms. The minimum absolute atomic E-state index is 0.103. The third-order valence-corrected chi connectivity index (χ3v) is 7.57. The molecule has 3 rings (SSSR count). The van der Waals surface area contributed by atoms with E-state index in [2.05, 4.69) is 5.32 Å². The van der Waals surface area contributed by atoms with Crippen molar-refractivity contribution in [2.75, 3.05) is 45.9 Å².